The molecule has 0 aliphatic rings. The molecule has 7 heteroatoms. The first-order chi connectivity index (χ1) is 8.90. The first-order valence-electron chi connectivity index (χ1n) is 5.55. The lowest BCUT2D eigenvalue weighted by atomic mass is 10.1. The standard InChI is InChI=1S/C11H11N7/c1-2-4-9(5-3-1)6-10-13-11(15-14-10)7-18-8-12-16-17-18/h1-5,8H,6-7H2,(H,13,14,15). The molecule has 0 aliphatic heterocycles. The van der Waals surface area contributed by atoms with Crippen LogP contribution >= 0.6 is 0 Å². The number of benzene rings is 1. The van der Waals surface area contributed by atoms with Crippen LogP contribution < -0.4 is 0 Å². The molecule has 0 spiro atoms. The minimum absolute atomic E-state index is 0.495. The molecule has 1 aromatic carbocycles. The zero-order chi connectivity index (χ0) is 12.2. The van der Waals surface area contributed by atoms with Gasteiger partial charge in [-0.15, -0.1) is 5.10 Å². The molecule has 0 fully saturated rings. The average molecular weight is 241 g/mol. The molecular formula is C11H11N7. The summed E-state index contributed by atoms with van der Waals surface area (Å²) in [5, 5.41) is 18.0. The van der Waals surface area contributed by atoms with E-state index in [-0.39, 0.29) is 0 Å². The van der Waals surface area contributed by atoms with Crippen molar-refractivity contribution in [3.8, 4) is 0 Å². The van der Waals surface area contributed by atoms with Crippen LogP contribution in [0.4, 0.5) is 0 Å². The number of hydrogen-bond donors (Lipinski definition) is 1. The van der Waals surface area contributed by atoms with Crippen molar-refractivity contribution < 1.29 is 0 Å². The molecule has 18 heavy (non-hydrogen) atoms. The summed E-state index contributed by atoms with van der Waals surface area (Å²) in [6.07, 6.45) is 2.26. The van der Waals surface area contributed by atoms with Gasteiger partial charge in [-0.1, -0.05) is 30.3 Å². The maximum absolute atomic E-state index is 4.40. The molecule has 3 aromatic rings. The fraction of sp³-hybridized carbons (Fsp3) is 0.182. The van der Waals surface area contributed by atoms with Crippen LogP contribution in [0.25, 0.3) is 0 Å². The van der Waals surface area contributed by atoms with Gasteiger partial charge in [-0.2, -0.15) is 5.10 Å². The largest absolute Gasteiger partial charge is 0.261 e. The predicted octanol–water partition coefficient (Wildman–Crippen LogP) is 0.430. The molecule has 0 saturated carbocycles. The van der Waals surface area contributed by atoms with Crippen LogP contribution in [0.3, 0.4) is 0 Å². The van der Waals surface area contributed by atoms with E-state index in [4.69, 9.17) is 0 Å². The monoisotopic (exact) mass is 241 g/mol. The van der Waals surface area contributed by atoms with E-state index >= 15 is 0 Å². The zero-order valence-corrected chi connectivity index (χ0v) is 9.56. The number of nitrogens with zero attached hydrogens (tertiary/aromatic N) is 6. The minimum Gasteiger partial charge on any atom is -0.261 e. The van der Waals surface area contributed by atoms with Crippen molar-refractivity contribution in [2.75, 3.05) is 0 Å². The van der Waals surface area contributed by atoms with Crippen molar-refractivity contribution in [3.05, 3.63) is 53.9 Å². The van der Waals surface area contributed by atoms with E-state index in [0.717, 1.165) is 11.6 Å². The van der Waals surface area contributed by atoms with Crippen LogP contribution in [0.5, 0.6) is 0 Å². The Bertz CT molecular complexity index is 599. The molecule has 0 aliphatic carbocycles. The highest BCUT2D eigenvalue weighted by atomic mass is 15.5. The fourth-order valence-electron chi connectivity index (χ4n) is 1.67. The lowest BCUT2D eigenvalue weighted by Gasteiger charge is -1.95. The number of aromatic nitrogens is 7. The van der Waals surface area contributed by atoms with E-state index in [2.05, 4.69) is 42.8 Å². The molecule has 7 nitrogen and oxygen atoms in total. The molecule has 1 N–H and O–H groups in total. The third kappa shape index (κ3) is 2.40. The second kappa shape index (κ2) is 4.74. The van der Waals surface area contributed by atoms with Crippen LogP contribution in [-0.4, -0.2) is 35.4 Å². The average Bonchev–Trinajstić information content (AvgIpc) is 3.03. The van der Waals surface area contributed by atoms with E-state index in [1.807, 2.05) is 18.2 Å². The van der Waals surface area contributed by atoms with Crippen LogP contribution in [0, 0.1) is 0 Å². The summed E-state index contributed by atoms with van der Waals surface area (Å²) in [7, 11) is 0. The maximum Gasteiger partial charge on any atom is 0.155 e. The van der Waals surface area contributed by atoms with Crippen LogP contribution in [0.1, 0.15) is 17.2 Å². The van der Waals surface area contributed by atoms with Gasteiger partial charge >= 0.3 is 0 Å². The van der Waals surface area contributed by atoms with E-state index in [9.17, 15) is 0 Å². The van der Waals surface area contributed by atoms with Gasteiger partial charge in [0.15, 0.2) is 5.82 Å². The molecule has 0 radical (unpaired) electrons. The second-order valence-electron chi connectivity index (χ2n) is 3.87. The van der Waals surface area contributed by atoms with Crippen molar-refractivity contribution in [3.63, 3.8) is 0 Å². The van der Waals surface area contributed by atoms with Gasteiger partial charge in [0.1, 0.15) is 18.7 Å². The molecule has 90 valence electrons. The summed E-state index contributed by atoms with van der Waals surface area (Å²) in [4.78, 5) is 4.40. The van der Waals surface area contributed by atoms with E-state index in [1.165, 1.54) is 5.56 Å². The van der Waals surface area contributed by atoms with Crippen molar-refractivity contribution in [2.24, 2.45) is 0 Å². The number of hydrogen-bond acceptors (Lipinski definition) is 5. The van der Waals surface area contributed by atoms with Gasteiger partial charge in [0.05, 0.1) is 0 Å². The van der Waals surface area contributed by atoms with E-state index in [0.29, 0.717) is 13.0 Å². The summed E-state index contributed by atoms with van der Waals surface area (Å²) >= 11 is 0. The van der Waals surface area contributed by atoms with Crippen molar-refractivity contribution in [1.82, 2.24) is 35.4 Å². The lowest BCUT2D eigenvalue weighted by molar-refractivity contribution is 0.625. The van der Waals surface area contributed by atoms with Crippen molar-refractivity contribution in [1.29, 1.82) is 0 Å². The number of rotatable bonds is 4. The summed E-state index contributed by atoms with van der Waals surface area (Å²) in [6, 6.07) is 10.1. The van der Waals surface area contributed by atoms with Gasteiger partial charge in [0, 0.05) is 6.42 Å². The second-order valence-corrected chi connectivity index (χ2v) is 3.87. The number of H-pyrrole nitrogens is 1. The number of tetrazole rings is 1. The molecule has 0 atom stereocenters. The van der Waals surface area contributed by atoms with Gasteiger partial charge in [0.2, 0.25) is 0 Å². The summed E-state index contributed by atoms with van der Waals surface area (Å²) in [6.45, 7) is 0.495. The molecule has 0 saturated heterocycles. The first kappa shape index (κ1) is 10.6. The van der Waals surface area contributed by atoms with Crippen LogP contribution in [0.15, 0.2) is 36.7 Å². The van der Waals surface area contributed by atoms with Gasteiger partial charge in [0.25, 0.3) is 0 Å². The van der Waals surface area contributed by atoms with E-state index in [1.54, 1.807) is 11.0 Å². The van der Waals surface area contributed by atoms with Crippen LogP contribution in [-0.2, 0) is 13.0 Å². The number of nitrogens with one attached hydrogen (secondary N) is 1. The quantitative estimate of drug-likeness (QED) is 0.716. The SMILES string of the molecule is c1ccc(Cc2n[nH]c(Cn3cnnn3)n2)cc1. The van der Waals surface area contributed by atoms with Gasteiger partial charge in [-0.25, -0.2) is 9.67 Å². The fourth-order valence-corrected chi connectivity index (χ4v) is 1.67. The Kier molecular flexibility index (Phi) is 2.79. The van der Waals surface area contributed by atoms with Crippen LogP contribution in [0.2, 0.25) is 0 Å². The normalized spacial score (nSPS) is 10.7. The third-order valence-electron chi connectivity index (χ3n) is 2.49. The maximum atomic E-state index is 4.40. The zero-order valence-electron chi connectivity index (χ0n) is 9.56. The summed E-state index contributed by atoms with van der Waals surface area (Å²) < 4.78 is 1.59. The molecule has 2 heterocycles. The molecule has 0 amide bonds. The minimum atomic E-state index is 0.495. The molecule has 2 aromatic heterocycles. The number of aromatic amines is 1. The Labute approximate surface area is 103 Å². The summed E-state index contributed by atoms with van der Waals surface area (Å²) in [5.74, 6) is 1.51. The topological polar surface area (TPSA) is 85.2 Å². The Hall–Kier alpha value is -2.57. The Balaban J connectivity index is 1.70. The van der Waals surface area contributed by atoms with Crippen molar-refractivity contribution in [2.45, 2.75) is 13.0 Å². The highest BCUT2D eigenvalue weighted by Gasteiger charge is 2.05. The molecule has 0 bridgehead atoms. The summed E-state index contributed by atoms with van der Waals surface area (Å²) in [5.41, 5.74) is 1.19. The highest BCUT2D eigenvalue weighted by molar-refractivity contribution is 5.18. The molecule has 0 unspecified atom stereocenters. The molecular weight excluding hydrogens is 230 g/mol. The van der Waals surface area contributed by atoms with Crippen molar-refractivity contribution >= 4 is 0 Å². The Morgan fingerprint density at radius 3 is 2.83 bits per heavy atom. The third-order valence-corrected chi connectivity index (χ3v) is 2.49. The van der Waals surface area contributed by atoms with Gasteiger partial charge < -0.3 is 0 Å². The van der Waals surface area contributed by atoms with Gasteiger partial charge in [-0.05, 0) is 16.0 Å². The first-order valence-corrected chi connectivity index (χ1v) is 5.55. The Morgan fingerprint density at radius 1 is 1.17 bits per heavy atom. The smallest absolute Gasteiger partial charge is 0.155 e. The predicted molar refractivity (Wildman–Crippen MR) is 62.5 cm³/mol. The Morgan fingerprint density at radius 2 is 2.06 bits per heavy atom. The van der Waals surface area contributed by atoms with E-state index < -0.39 is 0 Å². The lowest BCUT2D eigenvalue weighted by Crippen LogP contribution is -2.02. The van der Waals surface area contributed by atoms with Gasteiger partial charge in [-0.3, -0.25) is 5.10 Å². The highest BCUT2D eigenvalue weighted by Crippen LogP contribution is 2.05. The molecule has 3 rings (SSSR count).